The molecular weight excluding hydrogens is 272 g/mol. The maximum atomic E-state index is 13.5. The van der Waals surface area contributed by atoms with Crippen molar-refractivity contribution in [3.63, 3.8) is 0 Å². The molecule has 0 amide bonds. The number of rotatable bonds is 6. The van der Waals surface area contributed by atoms with Crippen LogP contribution >= 0.6 is 0 Å². The van der Waals surface area contributed by atoms with Crippen molar-refractivity contribution < 1.29 is 13.6 Å². The Morgan fingerprint density at radius 1 is 1.14 bits per heavy atom. The molecule has 2 rings (SSSR count). The minimum atomic E-state index is -0.442. The second kappa shape index (κ2) is 8.23. The highest BCUT2D eigenvalue weighted by Gasteiger charge is 2.17. The third-order valence-electron chi connectivity index (χ3n) is 4.36. The van der Waals surface area contributed by atoms with Crippen LogP contribution in [0.1, 0.15) is 44.1 Å². The van der Waals surface area contributed by atoms with Crippen LogP contribution in [-0.2, 0) is 11.2 Å². The van der Waals surface area contributed by atoms with Crippen LogP contribution in [0.25, 0.3) is 0 Å². The van der Waals surface area contributed by atoms with Gasteiger partial charge in [0.1, 0.15) is 17.9 Å². The third-order valence-corrected chi connectivity index (χ3v) is 4.36. The van der Waals surface area contributed by atoms with Crippen molar-refractivity contribution >= 4 is 6.29 Å². The van der Waals surface area contributed by atoms with E-state index >= 15 is 0 Å². The van der Waals surface area contributed by atoms with Gasteiger partial charge >= 0.3 is 0 Å². The SMILES string of the molecule is O=CC1CCC(CCCCc2c(F)cccc2F)CCN1. The molecule has 2 atom stereocenters. The summed E-state index contributed by atoms with van der Waals surface area (Å²) in [7, 11) is 0. The first-order valence-corrected chi connectivity index (χ1v) is 7.82. The molecule has 1 aliphatic rings. The second-order valence-electron chi connectivity index (χ2n) is 5.87. The number of aldehydes is 1. The molecule has 0 radical (unpaired) electrons. The zero-order valence-electron chi connectivity index (χ0n) is 12.3. The van der Waals surface area contributed by atoms with E-state index in [2.05, 4.69) is 5.32 Å². The van der Waals surface area contributed by atoms with Gasteiger partial charge < -0.3 is 10.1 Å². The molecule has 1 N–H and O–H groups in total. The summed E-state index contributed by atoms with van der Waals surface area (Å²) in [5, 5.41) is 3.23. The number of nitrogens with one attached hydrogen (secondary N) is 1. The molecule has 4 heteroatoms. The molecule has 116 valence electrons. The topological polar surface area (TPSA) is 29.1 Å². The maximum Gasteiger partial charge on any atom is 0.136 e. The molecule has 0 aromatic heterocycles. The van der Waals surface area contributed by atoms with Crippen LogP contribution in [0.2, 0.25) is 0 Å². The molecular formula is C17H23F2NO. The number of unbranched alkanes of at least 4 members (excludes halogenated alkanes) is 1. The Balaban J connectivity index is 1.71. The van der Waals surface area contributed by atoms with Crippen LogP contribution in [0.15, 0.2) is 18.2 Å². The second-order valence-corrected chi connectivity index (χ2v) is 5.87. The Morgan fingerprint density at radius 3 is 2.62 bits per heavy atom. The number of hydrogen-bond acceptors (Lipinski definition) is 2. The van der Waals surface area contributed by atoms with E-state index in [0.29, 0.717) is 12.3 Å². The largest absolute Gasteiger partial charge is 0.308 e. The lowest BCUT2D eigenvalue weighted by molar-refractivity contribution is -0.109. The molecule has 2 nitrogen and oxygen atoms in total. The average molecular weight is 295 g/mol. The van der Waals surface area contributed by atoms with E-state index in [4.69, 9.17) is 0 Å². The fourth-order valence-electron chi connectivity index (χ4n) is 3.05. The molecule has 21 heavy (non-hydrogen) atoms. The van der Waals surface area contributed by atoms with Crippen molar-refractivity contribution in [1.82, 2.24) is 5.32 Å². The molecule has 1 aromatic rings. The Hall–Kier alpha value is -1.29. The van der Waals surface area contributed by atoms with Gasteiger partial charge in [0, 0.05) is 5.56 Å². The Labute approximate surface area is 124 Å². The summed E-state index contributed by atoms with van der Waals surface area (Å²) in [6.45, 7) is 0.885. The highest BCUT2D eigenvalue weighted by atomic mass is 19.1. The zero-order valence-corrected chi connectivity index (χ0v) is 12.3. The molecule has 2 unspecified atom stereocenters. The molecule has 1 saturated heterocycles. The lowest BCUT2D eigenvalue weighted by Gasteiger charge is -2.13. The van der Waals surface area contributed by atoms with E-state index in [9.17, 15) is 13.6 Å². The summed E-state index contributed by atoms with van der Waals surface area (Å²) in [5.41, 5.74) is 0.209. The van der Waals surface area contributed by atoms with E-state index in [1.807, 2.05) is 0 Å². The standard InChI is InChI=1S/C17H23F2NO/c18-16-6-3-7-17(19)15(16)5-2-1-4-13-8-9-14(12-21)20-11-10-13/h3,6-7,12-14,20H,1-2,4-5,8-11H2. The first-order valence-electron chi connectivity index (χ1n) is 7.82. The van der Waals surface area contributed by atoms with Crippen LogP contribution in [-0.4, -0.2) is 18.9 Å². The average Bonchev–Trinajstić information content (AvgIpc) is 2.71. The summed E-state index contributed by atoms with van der Waals surface area (Å²) in [4.78, 5) is 10.8. The monoisotopic (exact) mass is 295 g/mol. The van der Waals surface area contributed by atoms with Crippen molar-refractivity contribution in [2.24, 2.45) is 5.92 Å². The summed E-state index contributed by atoms with van der Waals surface area (Å²) in [5.74, 6) is -0.266. The first kappa shape index (κ1) is 16.1. The Bertz CT molecular complexity index is 444. The van der Waals surface area contributed by atoms with Crippen molar-refractivity contribution in [2.75, 3.05) is 6.54 Å². The van der Waals surface area contributed by atoms with Gasteiger partial charge in [0.05, 0.1) is 6.04 Å². The fraction of sp³-hybridized carbons (Fsp3) is 0.588. The zero-order chi connectivity index (χ0) is 15.1. The molecule has 1 heterocycles. The Kier molecular flexibility index (Phi) is 6.30. The minimum absolute atomic E-state index is 0.00232. The quantitative estimate of drug-likeness (QED) is 0.641. The van der Waals surface area contributed by atoms with Crippen molar-refractivity contribution in [3.8, 4) is 0 Å². The molecule has 0 aliphatic carbocycles. The minimum Gasteiger partial charge on any atom is -0.308 e. The number of benzene rings is 1. The van der Waals surface area contributed by atoms with E-state index in [1.165, 1.54) is 18.2 Å². The molecule has 0 spiro atoms. The molecule has 0 bridgehead atoms. The van der Waals surface area contributed by atoms with Gasteiger partial charge in [-0.3, -0.25) is 0 Å². The van der Waals surface area contributed by atoms with Crippen molar-refractivity contribution in [1.29, 1.82) is 0 Å². The number of halogens is 2. The molecule has 1 fully saturated rings. The van der Waals surface area contributed by atoms with E-state index in [-0.39, 0.29) is 11.6 Å². The van der Waals surface area contributed by atoms with Crippen molar-refractivity contribution in [3.05, 3.63) is 35.4 Å². The number of carbonyl (C=O) groups is 1. The molecule has 1 aromatic carbocycles. The lowest BCUT2D eigenvalue weighted by atomic mass is 9.92. The molecule has 0 saturated carbocycles. The first-order chi connectivity index (χ1) is 10.2. The summed E-state index contributed by atoms with van der Waals surface area (Å²) in [6.07, 6.45) is 7.34. The van der Waals surface area contributed by atoms with E-state index in [0.717, 1.165) is 51.4 Å². The van der Waals surface area contributed by atoms with Gasteiger partial charge in [-0.25, -0.2) is 8.78 Å². The van der Waals surface area contributed by atoms with Gasteiger partial charge in [0.25, 0.3) is 0 Å². The van der Waals surface area contributed by atoms with E-state index in [1.54, 1.807) is 0 Å². The lowest BCUT2D eigenvalue weighted by Crippen LogP contribution is -2.29. The fourth-order valence-corrected chi connectivity index (χ4v) is 3.05. The maximum absolute atomic E-state index is 13.5. The number of hydrogen-bond donors (Lipinski definition) is 1. The summed E-state index contributed by atoms with van der Waals surface area (Å²) < 4.78 is 27.0. The normalized spacial score (nSPS) is 22.8. The summed E-state index contributed by atoms with van der Waals surface area (Å²) >= 11 is 0. The van der Waals surface area contributed by atoms with Gasteiger partial charge in [-0.05, 0) is 56.7 Å². The summed E-state index contributed by atoms with van der Waals surface area (Å²) in [6, 6.07) is 4.03. The third kappa shape index (κ3) is 4.88. The van der Waals surface area contributed by atoms with Gasteiger partial charge in [0.15, 0.2) is 0 Å². The highest BCUT2D eigenvalue weighted by Crippen LogP contribution is 2.23. The van der Waals surface area contributed by atoms with Crippen LogP contribution < -0.4 is 5.32 Å². The number of carbonyl (C=O) groups excluding carboxylic acids is 1. The van der Waals surface area contributed by atoms with E-state index < -0.39 is 11.6 Å². The molecule has 1 aliphatic heterocycles. The van der Waals surface area contributed by atoms with Crippen molar-refractivity contribution in [2.45, 2.75) is 51.0 Å². The van der Waals surface area contributed by atoms with Crippen LogP contribution in [0.4, 0.5) is 8.78 Å². The van der Waals surface area contributed by atoms with Gasteiger partial charge in [0.2, 0.25) is 0 Å². The predicted octanol–water partition coefficient (Wildman–Crippen LogP) is 3.63. The predicted molar refractivity (Wildman–Crippen MR) is 79.1 cm³/mol. The van der Waals surface area contributed by atoms with Crippen LogP contribution in [0, 0.1) is 17.6 Å². The van der Waals surface area contributed by atoms with Gasteiger partial charge in [-0.2, -0.15) is 0 Å². The smallest absolute Gasteiger partial charge is 0.136 e. The van der Waals surface area contributed by atoms with Crippen LogP contribution in [0.3, 0.4) is 0 Å². The highest BCUT2D eigenvalue weighted by molar-refractivity contribution is 5.57. The van der Waals surface area contributed by atoms with Gasteiger partial charge in [-0.15, -0.1) is 0 Å². The van der Waals surface area contributed by atoms with Gasteiger partial charge in [-0.1, -0.05) is 18.9 Å². The Morgan fingerprint density at radius 2 is 1.90 bits per heavy atom. The van der Waals surface area contributed by atoms with Crippen LogP contribution in [0.5, 0.6) is 0 Å².